The molecule has 0 N–H and O–H groups in total. The van der Waals surface area contributed by atoms with Crippen LogP contribution in [0.4, 0.5) is 0 Å². The van der Waals surface area contributed by atoms with E-state index in [-0.39, 0.29) is 0 Å². The normalized spacial score (nSPS) is 10.7. The van der Waals surface area contributed by atoms with Gasteiger partial charge in [-0.05, 0) is 89.0 Å². The molecule has 5 heterocycles. The Kier molecular flexibility index (Phi) is 8.15. The fourth-order valence-electron chi connectivity index (χ4n) is 5.40. The van der Waals surface area contributed by atoms with Crippen LogP contribution in [-0.2, 0) is 0 Å². The average Bonchev–Trinajstić information content (AvgIpc) is 3.16. The second kappa shape index (κ2) is 13.2. The van der Waals surface area contributed by atoms with Crippen LogP contribution >= 0.6 is 0 Å². The fourth-order valence-corrected chi connectivity index (χ4v) is 5.40. The number of rotatable bonds is 5. The summed E-state index contributed by atoms with van der Waals surface area (Å²) in [6, 6.07) is 44.5. The number of aromatic nitrogens is 5. The van der Waals surface area contributed by atoms with E-state index >= 15 is 0 Å². The van der Waals surface area contributed by atoms with Crippen LogP contribution < -0.4 is 4.74 Å². The van der Waals surface area contributed by atoms with Crippen molar-refractivity contribution in [2.45, 2.75) is 0 Å². The summed E-state index contributed by atoms with van der Waals surface area (Å²) in [6.07, 6.45) is 7.19. The maximum atomic E-state index is 5.24. The van der Waals surface area contributed by atoms with Gasteiger partial charge < -0.3 is 4.74 Å². The molecule has 220 valence electrons. The van der Waals surface area contributed by atoms with E-state index in [4.69, 9.17) is 9.72 Å². The van der Waals surface area contributed by atoms with Gasteiger partial charge in [-0.15, -0.1) is 0 Å². The summed E-state index contributed by atoms with van der Waals surface area (Å²) in [4.78, 5) is 22.7. The lowest BCUT2D eigenvalue weighted by Gasteiger charge is -2.10. The van der Waals surface area contributed by atoms with Gasteiger partial charge >= 0.3 is 0 Å². The first-order chi connectivity index (χ1) is 22.8. The van der Waals surface area contributed by atoms with Gasteiger partial charge in [0.2, 0.25) is 0 Å². The van der Waals surface area contributed by atoms with E-state index in [1.807, 2.05) is 91.3 Å². The minimum absolute atomic E-state index is 0.845. The van der Waals surface area contributed by atoms with Crippen molar-refractivity contribution >= 4 is 21.8 Å². The van der Waals surface area contributed by atoms with Gasteiger partial charge in [0.25, 0.3) is 0 Å². The topological polar surface area (TPSA) is 73.7 Å². The van der Waals surface area contributed by atoms with Gasteiger partial charge in [-0.1, -0.05) is 66.7 Å². The Bertz CT molecular complexity index is 2080. The smallest absolute Gasteiger partial charge is 0.118 e. The number of hydrogen-bond acceptors (Lipinski definition) is 6. The number of benzene rings is 3. The largest absolute Gasteiger partial charge is 0.497 e. The summed E-state index contributed by atoms with van der Waals surface area (Å²) in [5, 5.41) is 2.21. The van der Waals surface area contributed by atoms with E-state index in [2.05, 4.69) is 74.5 Å². The minimum Gasteiger partial charge on any atom is -0.497 e. The standard InChI is InChI=1S/C21H15N3.C19H14N2O/c1-2-8-16(9-3-1)17-14-20(18-10-4-6-12-22-18)24-21(15-17)19-11-5-7-13-23-19;1-22-15-8-6-13(7-9-15)17-12-14-4-2-10-20-18(14)19-16(17)5-3-11-21-19/h1-15H;2-12H,1H3. The number of hydrogen-bond donors (Lipinski definition) is 0. The second-order valence-corrected chi connectivity index (χ2v) is 10.5. The van der Waals surface area contributed by atoms with E-state index in [0.717, 1.165) is 72.6 Å². The summed E-state index contributed by atoms with van der Waals surface area (Å²) in [5.41, 5.74) is 9.83. The van der Waals surface area contributed by atoms with Gasteiger partial charge in [0.15, 0.2) is 0 Å². The predicted molar refractivity (Wildman–Crippen MR) is 185 cm³/mol. The van der Waals surface area contributed by atoms with Crippen molar-refractivity contribution in [1.29, 1.82) is 0 Å². The maximum absolute atomic E-state index is 5.24. The van der Waals surface area contributed by atoms with Crippen molar-refractivity contribution < 1.29 is 4.74 Å². The number of nitrogens with zero attached hydrogens (tertiary/aromatic N) is 5. The molecular weight excluding hydrogens is 566 g/mol. The van der Waals surface area contributed by atoms with E-state index < -0.39 is 0 Å². The molecule has 5 aromatic heterocycles. The molecule has 0 bridgehead atoms. The van der Waals surface area contributed by atoms with Crippen LogP contribution in [0.1, 0.15) is 0 Å². The summed E-state index contributed by atoms with van der Waals surface area (Å²) in [6.45, 7) is 0. The molecule has 0 saturated heterocycles. The molecule has 0 aliphatic rings. The highest BCUT2D eigenvalue weighted by Crippen LogP contribution is 2.33. The van der Waals surface area contributed by atoms with Gasteiger partial charge in [-0.25, -0.2) is 4.98 Å². The quantitative estimate of drug-likeness (QED) is 0.185. The number of ether oxygens (including phenoxy) is 1. The van der Waals surface area contributed by atoms with Gasteiger partial charge in [0.1, 0.15) is 5.75 Å². The highest BCUT2D eigenvalue weighted by Gasteiger charge is 2.11. The third-order valence-corrected chi connectivity index (χ3v) is 7.65. The zero-order valence-electron chi connectivity index (χ0n) is 25.2. The lowest BCUT2D eigenvalue weighted by molar-refractivity contribution is 0.415. The third kappa shape index (κ3) is 6.05. The Hall–Kier alpha value is -6.27. The average molecular weight is 596 g/mol. The molecule has 0 aliphatic carbocycles. The van der Waals surface area contributed by atoms with Crippen LogP contribution in [0.15, 0.2) is 158 Å². The first-order valence-electron chi connectivity index (χ1n) is 14.9. The van der Waals surface area contributed by atoms with Gasteiger partial charge in [0, 0.05) is 35.6 Å². The molecule has 8 rings (SSSR count). The number of pyridine rings is 5. The molecule has 0 saturated carbocycles. The van der Waals surface area contributed by atoms with Crippen LogP contribution in [0.2, 0.25) is 0 Å². The summed E-state index contributed by atoms with van der Waals surface area (Å²) in [5.74, 6) is 0.855. The van der Waals surface area contributed by atoms with Crippen molar-refractivity contribution in [2.75, 3.05) is 7.11 Å². The first kappa shape index (κ1) is 28.5. The molecule has 0 spiro atoms. The molecule has 0 atom stereocenters. The van der Waals surface area contributed by atoms with E-state index in [9.17, 15) is 0 Å². The second-order valence-electron chi connectivity index (χ2n) is 10.5. The highest BCUT2D eigenvalue weighted by atomic mass is 16.5. The van der Waals surface area contributed by atoms with Crippen molar-refractivity contribution in [2.24, 2.45) is 0 Å². The monoisotopic (exact) mass is 595 g/mol. The van der Waals surface area contributed by atoms with Crippen LogP contribution in [0.25, 0.3) is 66.8 Å². The number of methoxy groups -OCH3 is 1. The van der Waals surface area contributed by atoms with Gasteiger partial charge in [-0.3, -0.25) is 19.9 Å². The third-order valence-electron chi connectivity index (χ3n) is 7.65. The molecule has 0 aliphatic heterocycles. The predicted octanol–water partition coefficient (Wildman–Crippen LogP) is 9.33. The van der Waals surface area contributed by atoms with Crippen molar-refractivity contribution in [1.82, 2.24) is 24.9 Å². The lowest BCUT2D eigenvalue weighted by Crippen LogP contribution is -1.93. The van der Waals surface area contributed by atoms with E-state index in [1.54, 1.807) is 19.5 Å². The van der Waals surface area contributed by atoms with Crippen LogP contribution in [-0.4, -0.2) is 32.0 Å². The molecule has 8 aromatic rings. The van der Waals surface area contributed by atoms with Crippen molar-refractivity contribution in [3.8, 4) is 50.8 Å². The van der Waals surface area contributed by atoms with Crippen LogP contribution in [0.5, 0.6) is 5.75 Å². The maximum Gasteiger partial charge on any atom is 0.118 e. The summed E-state index contributed by atoms with van der Waals surface area (Å²) < 4.78 is 5.24. The van der Waals surface area contributed by atoms with Crippen LogP contribution in [0.3, 0.4) is 0 Å². The zero-order valence-corrected chi connectivity index (χ0v) is 25.2. The van der Waals surface area contributed by atoms with E-state index in [0.29, 0.717) is 0 Å². The Balaban J connectivity index is 0.000000147. The Morgan fingerprint density at radius 2 is 1.04 bits per heavy atom. The molecule has 6 heteroatoms. The summed E-state index contributed by atoms with van der Waals surface area (Å²) >= 11 is 0. The highest BCUT2D eigenvalue weighted by molar-refractivity contribution is 6.10. The van der Waals surface area contributed by atoms with Gasteiger partial charge in [0.05, 0.1) is 40.9 Å². The molecule has 46 heavy (non-hydrogen) atoms. The SMILES string of the molecule is COc1ccc(-c2cc3cccnc3c3ncccc23)cc1.c1ccc(-c2cc(-c3ccccn3)nc(-c3ccccn3)c2)cc1. The number of fused-ring (bicyclic) bond motifs is 3. The van der Waals surface area contributed by atoms with Crippen molar-refractivity contribution in [3.63, 3.8) is 0 Å². The fraction of sp³-hybridized carbons (Fsp3) is 0.0250. The summed E-state index contributed by atoms with van der Waals surface area (Å²) in [7, 11) is 1.68. The zero-order chi connectivity index (χ0) is 31.1. The molecule has 3 aromatic carbocycles. The Labute approximate surface area is 267 Å². The van der Waals surface area contributed by atoms with Gasteiger partial charge in [-0.2, -0.15) is 0 Å². The van der Waals surface area contributed by atoms with E-state index in [1.165, 1.54) is 0 Å². The molecule has 0 fully saturated rings. The Morgan fingerprint density at radius 1 is 0.435 bits per heavy atom. The lowest BCUT2D eigenvalue weighted by atomic mass is 9.98. The van der Waals surface area contributed by atoms with Crippen molar-refractivity contribution in [3.05, 3.63) is 158 Å². The molecule has 0 radical (unpaired) electrons. The first-order valence-corrected chi connectivity index (χ1v) is 14.9. The molecular formula is C40H29N5O. The molecule has 0 amide bonds. The molecule has 0 unspecified atom stereocenters. The van der Waals surface area contributed by atoms with Crippen LogP contribution in [0, 0.1) is 0 Å². The Morgan fingerprint density at radius 3 is 1.67 bits per heavy atom. The molecule has 6 nitrogen and oxygen atoms in total. The minimum atomic E-state index is 0.845.